The lowest BCUT2D eigenvalue weighted by Crippen LogP contribution is -2.13. The Bertz CT molecular complexity index is 1050. The Hall–Kier alpha value is -2.26. The molecule has 3 aromatic rings. The van der Waals surface area contributed by atoms with E-state index in [1.54, 1.807) is 23.7 Å². The summed E-state index contributed by atoms with van der Waals surface area (Å²) in [4.78, 5) is 20.9. The first-order chi connectivity index (χ1) is 11.9. The van der Waals surface area contributed by atoms with Gasteiger partial charge in [-0.15, -0.1) is 11.3 Å². The number of sulfone groups is 1. The van der Waals surface area contributed by atoms with Gasteiger partial charge in [-0.05, 0) is 31.5 Å². The van der Waals surface area contributed by atoms with Crippen LogP contribution in [0, 0.1) is 6.92 Å². The number of hydrogen-bond acceptors (Lipinski definition) is 6. The number of nitrogens with zero attached hydrogens (tertiary/aromatic N) is 3. The normalized spacial score (nSPS) is 19.3. The number of amides is 1. The van der Waals surface area contributed by atoms with Gasteiger partial charge in [-0.3, -0.25) is 10.1 Å². The van der Waals surface area contributed by atoms with E-state index in [1.807, 2.05) is 17.6 Å². The Labute approximate surface area is 148 Å². The number of rotatable bonds is 3. The highest BCUT2D eigenvalue weighted by atomic mass is 32.2. The number of anilines is 1. The summed E-state index contributed by atoms with van der Waals surface area (Å²) in [6, 6.07) is 5.19. The van der Waals surface area contributed by atoms with Gasteiger partial charge in [0.05, 0.1) is 28.6 Å². The number of imidazole rings is 1. The lowest BCUT2D eigenvalue weighted by molar-refractivity contribution is 0.102. The number of carbonyl (C=O) groups is 1. The fraction of sp³-hybridized carbons (Fsp3) is 0.312. The third-order valence-electron chi connectivity index (χ3n) is 4.35. The van der Waals surface area contributed by atoms with Crippen LogP contribution in [-0.2, 0) is 9.84 Å². The summed E-state index contributed by atoms with van der Waals surface area (Å²) in [6.45, 7) is 1.86. The van der Waals surface area contributed by atoms with Gasteiger partial charge in [0.15, 0.2) is 15.0 Å². The van der Waals surface area contributed by atoms with Crippen LogP contribution in [0.25, 0.3) is 11.0 Å². The minimum atomic E-state index is -2.98. The van der Waals surface area contributed by atoms with Crippen LogP contribution in [0.4, 0.5) is 5.13 Å². The van der Waals surface area contributed by atoms with Gasteiger partial charge in [-0.2, -0.15) is 0 Å². The van der Waals surface area contributed by atoms with E-state index in [4.69, 9.17) is 0 Å². The van der Waals surface area contributed by atoms with Crippen molar-refractivity contribution in [2.24, 2.45) is 0 Å². The third-order valence-corrected chi connectivity index (χ3v) is 6.79. The zero-order valence-electron chi connectivity index (χ0n) is 13.5. The molecule has 0 radical (unpaired) electrons. The predicted molar refractivity (Wildman–Crippen MR) is 96.8 cm³/mol. The van der Waals surface area contributed by atoms with Crippen LogP contribution in [0.2, 0.25) is 0 Å². The van der Waals surface area contributed by atoms with E-state index in [9.17, 15) is 13.2 Å². The highest BCUT2D eigenvalue weighted by molar-refractivity contribution is 7.91. The molecule has 0 saturated carbocycles. The standard InChI is InChI=1S/C16H16N4O3S2/c1-10-18-13-8-11(15(21)19-16-17-5-6-24-16)2-3-14(13)20(10)12-4-7-25(22,23)9-12/h2-3,5-6,8,12H,4,7,9H2,1H3,(H,17,19,21)/t12-/m0/s1. The summed E-state index contributed by atoms with van der Waals surface area (Å²) in [5, 5.41) is 5.08. The number of fused-ring (bicyclic) bond motifs is 1. The molecule has 4 rings (SSSR count). The van der Waals surface area contributed by atoms with Crippen LogP contribution in [0.3, 0.4) is 0 Å². The van der Waals surface area contributed by atoms with Crippen LogP contribution >= 0.6 is 11.3 Å². The highest BCUT2D eigenvalue weighted by Gasteiger charge is 2.31. The molecule has 3 heterocycles. The maximum atomic E-state index is 12.3. The van der Waals surface area contributed by atoms with Crippen LogP contribution < -0.4 is 5.32 Å². The molecule has 9 heteroatoms. The average molecular weight is 376 g/mol. The van der Waals surface area contributed by atoms with Crippen LogP contribution in [0.5, 0.6) is 0 Å². The molecule has 1 aliphatic heterocycles. The number of nitrogens with one attached hydrogen (secondary N) is 1. The van der Waals surface area contributed by atoms with Crippen molar-refractivity contribution in [1.82, 2.24) is 14.5 Å². The summed E-state index contributed by atoms with van der Waals surface area (Å²) in [7, 11) is -2.98. The molecule has 7 nitrogen and oxygen atoms in total. The quantitative estimate of drug-likeness (QED) is 0.758. The summed E-state index contributed by atoms with van der Waals surface area (Å²) >= 11 is 1.35. The van der Waals surface area contributed by atoms with Gasteiger partial charge in [0.2, 0.25) is 0 Å². The first-order valence-corrected chi connectivity index (χ1v) is 10.5. The molecule has 0 bridgehead atoms. The minimum absolute atomic E-state index is 0.0926. The highest BCUT2D eigenvalue weighted by Crippen LogP contribution is 2.29. The molecular weight excluding hydrogens is 360 g/mol. The molecular formula is C16H16N4O3S2. The van der Waals surface area contributed by atoms with Gasteiger partial charge in [-0.1, -0.05) is 0 Å². The molecule has 0 aliphatic carbocycles. The maximum absolute atomic E-state index is 12.3. The Morgan fingerprint density at radius 2 is 2.24 bits per heavy atom. The smallest absolute Gasteiger partial charge is 0.257 e. The van der Waals surface area contributed by atoms with Crippen LogP contribution in [-0.4, -0.2) is 40.4 Å². The maximum Gasteiger partial charge on any atom is 0.257 e. The Balaban J connectivity index is 1.67. The van der Waals surface area contributed by atoms with E-state index >= 15 is 0 Å². The van der Waals surface area contributed by atoms with Crippen LogP contribution in [0.1, 0.15) is 28.6 Å². The second-order valence-electron chi connectivity index (χ2n) is 6.08. The molecule has 130 valence electrons. The monoisotopic (exact) mass is 376 g/mol. The molecule has 25 heavy (non-hydrogen) atoms. The molecule has 1 aliphatic rings. The number of thiazole rings is 1. The number of carbonyl (C=O) groups excluding carboxylic acids is 1. The number of aromatic nitrogens is 3. The zero-order chi connectivity index (χ0) is 17.6. The first kappa shape index (κ1) is 16.2. The van der Waals surface area contributed by atoms with Gasteiger partial charge >= 0.3 is 0 Å². The number of aryl methyl sites for hydroxylation is 1. The van der Waals surface area contributed by atoms with E-state index in [2.05, 4.69) is 15.3 Å². The van der Waals surface area contributed by atoms with E-state index < -0.39 is 9.84 Å². The topological polar surface area (TPSA) is 93.9 Å². The van der Waals surface area contributed by atoms with Crippen molar-refractivity contribution in [2.75, 3.05) is 16.8 Å². The molecule has 1 atom stereocenters. The second kappa shape index (κ2) is 5.92. The molecule has 1 amide bonds. The van der Waals surface area contributed by atoms with Gasteiger partial charge in [-0.25, -0.2) is 18.4 Å². The number of hydrogen-bond donors (Lipinski definition) is 1. The average Bonchev–Trinajstić information content (AvgIpc) is 3.25. The Morgan fingerprint density at radius 1 is 1.40 bits per heavy atom. The molecule has 2 aromatic heterocycles. The van der Waals surface area contributed by atoms with Gasteiger partial charge in [0.1, 0.15) is 5.82 Å². The van der Waals surface area contributed by atoms with Gasteiger partial charge in [0, 0.05) is 17.1 Å². The summed E-state index contributed by atoms with van der Waals surface area (Å²) in [5.41, 5.74) is 2.03. The molecule has 1 aromatic carbocycles. The second-order valence-corrected chi connectivity index (χ2v) is 9.20. The minimum Gasteiger partial charge on any atom is -0.324 e. The molecule has 1 saturated heterocycles. The molecule has 1 N–H and O–H groups in total. The largest absolute Gasteiger partial charge is 0.324 e. The Kier molecular flexibility index (Phi) is 3.84. The van der Waals surface area contributed by atoms with Crippen molar-refractivity contribution in [2.45, 2.75) is 19.4 Å². The van der Waals surface area contributed by atoms with Crippen molar-refractivity contribution < 1.29 is 13.2 Å². The van der Waals surface area contributed by atoms with Crippen molar-refractivity contribution in [3.05, 3.63) is 41.2 Å². The van der Waals surface area contributed by atoms with Crippen molar-refractivity contribution >= 4 is 43.2 Å². The van der Waals surface area contributed by atoms with E-state index in [0.29, 0.717) is 22.6 Å². The summed E-state index contributed by atoms with van der Waals surface area (Å²) in [5.74, 6) is 0.874. The van der Waals surface area contributed by atoms with Gasteiger partial charge < -0.3 is 4.57 Å². The fourth-order valence-electron chi connectivity index (χ4n) is 3.25. The van der Waals surface area contributed by atoms with Crippen LogP contribution in [0.15, 0.2) is 29.8 Å². The number of benzene rings is 1. The van der Waals surface area contributed by atoms with Crippen molar-refractivity contribution in [3.63, 3.8) is 0 Å². The lowest BCUT2D eigenvalue weighted by Gasteiger charge is -2.13. The fourth-order valence-corrected chi connectivity index (χ4v) is 5.48. The lowest BCUT2D eigenvalue weighted by atomic mass is 10.1. The SMILES string of the molecule is Cc1nc2cc(C(=O)Nc3nccs3)ccc2n1[C@H]1CCS(=O)(=O)C1. The molecule has 0 unspecified atom stereocenters. The molecule has 0 spiro atoms. The van der Waals surface area contributed by atoms with E-state index in [0.717, 1.165) is 11.3 Å². The van der Waals surface area contributed by atoms with Crippen molar-refractivity contribution in [1.29, 1.82) is 0 Å². The summed E-state index contributed by atoms with van der Waals surface area (Å²) < 4.78 is 25.5. The van der Waals surface area contributed by atoms with E-state index in [1.165, 1.54) is 11.3 Å². The first-order valence-electron chi connectivity index (χ1n) is 7.83. The third kappa shape index (κ3) is 3.05. The van der Waals surface area contributed by atoms with E-state index in [-0.39, 0.29) is 23.5 Å². The van der Waals surface area contributed by atoms with Crippen molar-refractivity contribution in [3.8, 4) is 0 Å². The summed E-state index contributed by atoms with van der Waals surface area (Å²) in [6.07, 6.45) is 2.23. The Morgan fingerprint density at radius 3 is 2.92 bits per heavy atom. The zero-order valence-corrected chi connectivity index (χ0v) is 15.1. The van der Waals surface area contributed by atoms with Gasteiger partial charge in [0.25, 0.3) is 5.91 Å². The molecule has 1 fully saturated rings. The predicted octanol–water partition coefficient (Wildman–Crippen LogP) is 2.41.